The van der Waals surface area contributed by atoms with Crippen LogP contribution in [0, 0.1) is 0 Å². The third-order valence-electron chi connectivity index (χ3n) is 2.72. The van der Waals surface area contributed by atoms with Gasteiger partial charge in [0.15, 0.2) is 5.69 Å². The standard InChI is InChI=1S/C11H6N4O4/c16-8-5-3-1-2-4(6(5)12-10(8)18)7-9(17)13-11(19)15-14-7/h1-3H,(H,12,16,18)(H2,13,15,17,19). The van der Waals surface area contributed by atoms with E-state index >= 15 is 0 Å². The SMILES string of the molecule is O=C1Nc2c(cccc2-c2n[nH]c(=O)[nH]c2=O)C1=O. The van der Waals surface area contributed by atoms with Crippen LogP contribution in [0.3, 0.4) is 0 Å². The minimum Gasteiger partial charge on any atom is -0.318 e. The van der Waals surface area contributed by atoms with Crippen LogP contribution in [0.1, 0.15) is 10.4 Å². The lowest BCUT2D eigenvalue weighted by molar-refractivity contribution is -0.112. The highest BCUT2D eigenvalue weighted by atomic mass is 16.2. The number of Topliss-reactive ketones (excluding diaryl/α,β-unsaturated/α-hetero) is 1. The minimum absolute atomic E-state index is 0.0774. The maximum Gasteiger partial charge on any atom is 0.342 e. The number of amides is 1. The number of rotatable bonds is 1. The van der Waals surface area contributed by atoms with Crippen LogP contribution in [0.4, 0.5) is 5.69 Å². The molecule has 8 heteroatoms. The van der Waals surface area contributed by atoms with Crippen molar-refractivity contribution >= 4 is 17.4 Å². The van der Waals surface area contributed by atoms with Gasteiger partial charge in [-0.3, -0.25) is 19.4 Å². The molecule has 8 nitrogen and oxygen atoms in total. The summed E-state index contributed by atoms with van der Waals surface area (Å²) in [6.07, 6.45) is 0. The van der Waals surface area contributed by atoms with E-state index in [1.807, 2.05) is 4.98 Å². The summed E-state index contributed by atoms with van der Waals surface area (Å²) < 4.78 is 0. The zero-order valence-electron chi connectivity index (χ0n) is 9.31. The van der Waals surface area contributed by atoms with E-state index in [0.717, 1.165) is 0 Å². The Morgan fingerprint density at radius 1 is 1.00 bits per heavy atom. The summed E-state index contributed by atoms with van der Waals surface area (Å²) in [4.78, 5) is 47.5. The second-order valence-electron chi connectivity index (χ2n) is 3.87. The number of para-hydroxylation sites is 1. The molecule has 19 heavy (non-hydrogen) atoms. The van der Waals surface area contributed by atoms with Crippen LogP contribution in [0.5, 0.6) is 0 Å². The Kier molecular flexibility index (Phi) is 2.18. The van der Waals surface area contributed by atoms with Gasteiger partial charge in [0.1, 0.15) is 0 Å². The van der Waals surface area contributed by atoms with E-state index in [1.165, 1.54) is 18.2 Å². The Balaban J connectivity index is 2.29. The van der Waals surface area contributed by atoms with Crippen molar-refractivity contribution in [3.05, 3.63) is 44.6 Å². The monoisotopic (exact) mass is 258 g/mol. The fourth-order valence-electron chi connectivity index (χ4n) is 1.90. The van der Waals surface area contributed by atoms with E-state index in [0.29, 0.717) is 0 Å². The van der Waals surface area contributed by atoms with Crippen molar-refractivity contribution in [3.8, 4) is 11.3 Å². The van der Waals surface area contributed by atoms with Crippen molar-refractivity contribution in [2.45, 2.75) is 0 Å². The minimum atomic E-state index is -0.761. The molecule has 0 aliphatic carbocycles. The molecule has 3 rings (SSSR count). The predicted octanol–water partition coefficient (Wildman–Crippen LogP) is -0.740. The first-order chi connectivity index (χ1) is 9.08. The maximum atomic E-state index is 11.7. The lowest BCUT2D eigenvalue weighted by Gasteiger charge is -2.04. The van der Waals surface area contributed by atoms with Crippen LogP contribution >= 0.6 is 0 Å². The van der Waals surface area contributed by atoms with Gasteiger partial charge in [-0.2, -0.15) is 5.10 Å². The lowest BCUT2D eigenvalue weighted by atomic mass is 10.0. The number of ketones is 1. The van der Waals surface area contributed by atoms with E-state index in [4.69, 9.17) is 0 Å². The van der Waals surface area contributed by atoms with Gasteiger partial charge in [0, 0.05) is 5.56 Å². The number of hydrogen-bond donors (Lipinski definition) is 3. The molecule has 0 atom stereocenters. The highest BCUT2D eigenvalue weighted by molar-refractivity contribution is 6.52. The number of hydrogen-bond acceptors (Lipinski definition) is 5. The van der Waals surface area contributed by atoms with Crippen molar-refractivity contribution < 1.29 is 9.59 Å². The van der Waals surface area contributed by atoms with Gasteiger partial charge < -0.3 is 5.32 Å². The number of fused-ring (bicyclic) bond motifs is 1. The molecule has 0 saturated heterocycles. The Hall–Kier alpha value is -3.03. The Morgan fingerprint density at radius 3 is 2.47 bits per heavy atom. The van der Waals surface area contributed by atoms with Gasteiger partial charge in [0.25, 0.3) is 17.2 Å². The number of benzene rings is 1. The highest BCUT2D eigenvalue weighted by Gasteiger charge is 2.30. The molecule has 94 valence electrons. The zero-order chi connectivity index (χ0) is 13.6. The number of aromatic nitrogens is 3. The van der Waals surface area contributed by atoms with Gasteiger partial charge in [-0.15, -0.1) is 0 Å². The van der Waals surface area contributed by atoms with Gasteiger partial charge >= 0.3 is 5.69 Å². The molecule has 0 fully saturated rings. The number of carbonyl (C=O) groups excluding carboxylic acids is 2. The predicted molar refractivity (Wildman–Crippen MR) is 63.9 cm³/mol. The molecule has 1 amide bonds. The molecule has 1 aliphatic heterocycles. The first kappa shape index (κ1) is 11.1. The van der Waals surface area contributed by atoms with E-state index in [2.05, 4.69) is 15.5 Å². The molecule has 0 unspecified atom stereocenters. The molecule has 0 spiro atoms. The maximum absolute atomic E-state index is 11.7. The van der Waals surface area contributed by atoms with E-state index < -0.39 is 22.9 Å². The average Bonchev–Trinajstić information content (AvgIpc) is 2.66. The van der Waals surface area contributed by atoms with E-state index in [9.17, 15) is 19.2 Å². The molecule has 2 heterocycles. The van der Waals surface area contributed by atoms with Gasteiger partial charge in [0.05, 0.1) is 11.3 Å². The normalized spacial score (nSPS) is 13.3. The Morgan fingerprint density at radius 2 is 1.74 bits per heavy atom. The number of nitrogens with one attached hydrogen (secondary N) is 3. The molecule has 1 aromatic carbocycles. The molecule has 0 bridgehead atoms. The zero-order valence-corrected chi connectivity index (χ0v) is 9.31. The summed E-state index contributed by atoms with van der Waals surface area (Å²) in [5.41, 5.74) is -0.842. The number of carbonyl (C=O) groups is 2. The van der Waals surface area contributed by atoms with Crippen molar-refractivity contribution in [1.82, 2.24) is 15.2 Å². The summed E-state index contributed by atoms with van der Waals surface area (Å²) in [7, 11) is 0. The largest absolute Gasteiger partial charge is 0.342 e. The lowest BCUT2D eigenvalue weighted by Crippen LogP contribution is -2.25. The van der Waals surface area contributed by atoms with Crippen LogP contribution in [0.2, 0.25) is 0 Å². The molecule has 1 aliphatic rings. The van der Waals surface area contributed by atoms with Crippen molar-refractivity contribution in [3.63, 3.8) is 0 Å². The molecule has 3 N–H and O–H groups in total. The van der Waals surface area contributed by atoms with Gasteiger partial charge in [-0.1, -0.05) is 12.1 Å². The molecule has 0 saturated carbocycles. The average molecular weight is 258 g/mol. The second kappa shape index (κ2) is 3.73. The molecular weight excluding hydrogens is 252 g/mol. The fraction of sp³-hybridized carbons (Fsp3) is 0. The second-order valence-corrected chi connectivity index (χ2v) is 3.87. The number of anilines is 1. The Bertz CT molecular complexity index is 833. The summed E-state index contributed by atoms with van der Waals surface area (Å²) >= 11 is 0. The van der Waals surface area contributed by atoms with Crippen molar-refractivity contribution in [1.29, 1.82) is 0 Å². The third-order valence-corrected chi connectivity index (χ3v) is 2.72. The fourth-order valence-corrected chi connectivity index (χ4v) is 1.90. The topological polar surface area (TPSA) is 125 Å². The molecule has 2 aromatic rings. The van der Waals surface area contributed by atoms with Crippen LogP contribution < -0.4 is 16.6 Å². The first-order valence-electron chi connectivity index (χ1n) is 5.26. The summed E-state index contributed by atoms with van der Waals surface area (Å²) in [5, 5.41) is 8.11. The molecule has 1 aromatic heterocycles. The number of H-pyrrole nitrogens is 2. The van der Waals surface area contributed by atoms with Crippen LogP contribution in [0.15, 0.2) is 27.8 Å². The summed E-state index contributed by atoms with van der Waals surface area (Å²) in [6, 6.07) is 4.52. The number of nitrogens with zero attached hydrogens (tertiary/aromatic N) is 1. The first-order valence-corrected chi connectivity index (χ1v) is 5.26. The molecule has 0 radical (unpaired) electrons. The van der Waals surface area contributed by atoms with E-state index in [-0.39, 0.29) is 22.5 Å². The van der Waals surface area contributed by atoms with Crippen molar-refractivity contribution in [2.24, 2.45) is 0 Å². The molecular formula is C11H6N4O4. The van der Waals surface area contributed by atoms with Crippen LogP contribution in [-0.2, 0) is 4.79 Å². The van der Waals surface area contributed by atoms with Gasteiger partial charge in [-0.25, -0.2) is 9.89 Å². The highest BCUT2D eigenvalue weighted by Crippen LogP contribution is 2.31. The van der Waals surface area contributed by atoms with E-state index in [1.54, 1.807) is 0 Å². The quantitative estimate of drug-likeness (QED) is 0.581. The third kappa shape index (κ3) is 1.58. The van der Waals surface area contributed by atoms with Gasteiger partial charge in [-0.05, 0) is 6.07 Å². The Labute approximate surface area is 104 Å². The number of aromatic amines is 2. The summed E-state index contributed by atoms with van der Waals surface area (Å²) in [6.45, 7) is 0. The smallest absolute Gasteiger partial charge is 0.318 e. The van der Waals surface area contributed by atoms with Crippen molar-refractivity contribution in [2.75, 3.05) is 5.32 Å². The van der Waals surface area contributed by atoms with Crippen LogP contribution in [-0.4, -0.2) is 26.9 Å². The van der Waals surface area contributed by atoms with Gasteiger partial charge in [0.2, 0.25) is 0 Å². The summed E-state index contributed by atoms with van der Waals surface area (Å²) in [5.74, 6) is -1.43. The van der Waals surface area contributed by atoms with Crippen LogP contribution in [0.25, 0.3) is 11.3 Å².